The number of hydrogen-bond acceptors (Lipinski definition) is 3. The number of rotatable bonds is 4. The lowest BCUT2D eigenvalue weighted by molar-refractivity contribution is 0.0472. The van der Waals surface area contributed by atoms with Crippen LogP contribution in [-0.4, -0.2) is 5.97 Å². The summed E-state index contributed by atoms with van der Waals surface area (Å²) in [7, 11) is 0. The maximum Gasteiger partial charge on any atom is 0.339 e. The lowest BCUT2D eigenvalue weighted by Crippen LogP contribution is -2.05. The van der Waals surface area contributed by atoms with Crippen molar-refractivity contribution in [2.75, 3.05) is 0 Å². The zero-order chi connectivity index (χ0) is 16.2. The largest absolute Gasteiger partial charge is 0.457 e. The molecular formula is C20H18O2S. The maximum atomic E-state index is 12.1. The van der Waals surface area contributed by atoms with Gasteiger partial charge in [-0.3, -0.25) is 0 Å². The molecule has 23 heavy (non-hydrogen) atoms. The average Bonchev–Trinajstić information content (AvgIpc) is 2.92. The third-order valence-corrected chi connectivity index (χ3v) is 4.66. The minimum Gasteiger partial charge on any atom is -0.457 e. The van der Waals surface area contributed by atoms with Gasteiger partial charge in [-0.2, -0.15) is 0 Å². The van der Waals surface area contributed by atoms with E-state index in [4.69, 9.17) is 4.74 Å². The molecule has 0 amide bonds. The van der Waals surface area contributed by atoms with Crippen LogP contribution in [0, 0.1) is 13.8 Å². The molecular weight excluding hydrogens is 304 g/mol. The quantitative estimate of drug-likeness (QED) is 0.602. The highest BCUT2D eigenvalue weighted by atomic mass is 32.1. The fraction of sp³-hybridized carbons (Fsp3) is 0.150. The molecule has 3 aromatic rings. The van der Waals surface area contributed by atoms with Crippen LogP contribution < -0.4 is 0 Å². The summed E-state index contributed by atoms with van der Waals surface area (Å²) in [6.07, 6.45) is 0. The van der Waals surface area contributed by atoms with E-state index in [-0.39, 0.29) is 5.97 Å². The number of thiophene rings is 1. The Bertz CT molecular complexity index is 801. The molecule has 1 aromatic heterocycles. The van der Waals surface area contributed by atoms with Gasteiger partial charge in [-0.05, 0) is 36.6 Å². The predicted molar refractivity (Wildman–Crippen MR) is 94.8 cm³/mol. The molecule has 0 N–H and O–H groups in total. The molecule has 0 saturated carbocycles. The molecule has 0 atom stereocenters. The Hall–Kier alpha value is -2.39. The smallest absolute Gasteiger partial charge is 0.339 e. The Labute approximate surface area is 140 Å². The van der Waals surface area contributed by atoms with Gasteiger partial charge >= 0.3 is 5.97 Å². The first kappa shape index (κ1) is 15.5. The van der Waals surface area contributed by atoms with Crippen molar-refractivity contribution < 1.29 is 9.53 Å². The minimum absolute atomic E-state index is 0.251. The van der Waals surface area contributed by atoms with Gasteiger partial charge in [0.1, 0.15) is 6.61 Å². The summed E-state index contributed by atoms with van der Waals surface area (Å²) in [6, 6.07) is 20.2. The predicted octanol–water partition coefficient (Wildman–Crippen LogP) is 5.39. The van der Waals surface area contributed by atoms with Crippen LogP contribution in [-0.2, 0) is 11.3 Å². The topological polar surface area (TPSA) is 26.3 Å². The van der Waals surface area contributed by atoms with E-state index in [1.54, 1.807) is 11.3 Å². The summed E-state index contributed by atoms with van der Waals surface area (Å²) in [4.78, 5) is 14.3. The molecule has 3 heteroatoms. The van der Waals surface area contributed by atoms with E-state index in [1.165, 1.54) is 5.56 Å². The fourth-order valence-electron chi connectivity index (χ4n) is 2.48. The SMILES string of the molecule is Cc1cc(C(=O)OCc2ccc(-c3ccccc3)cc2)c(C)s1. The van der Waals surface area contributed by atoms with Crippen LogP contribution in [0.5, 0.6) is 0 Å². The van der Waals surface area contributed by atoms with Gasteiger partial charge in [0.2, 0.25) is 0 Å². The van der Waals surface area contributed by atoms with Crippen molar-refractivity contribution in [2.45, 2.75) is 20.5 Å². The van der Waals surface area contributed by atoms with E-state index < -0.39 is 0 Å². The Morgan fingerprint density at radius 3 is 2.22 bits per heavy atom. The van der Waals surface area contributed by atoms with Gasteiger partial charge in [-0.15, -0.1) is 11.3 Å². The van der Waals surface area contributed by atoms with Crippen molar-refractivity contribution in [3.8, 4) is 11.1 Å². The van der Waals surface area contributed by atoms with E-state index >= 15 is 0 Å². The molecule has 0 radical (unpaired) electrons. The average molecular weight is 322 g/mol. The van der Waals surface area contributed by atoms with Crippen LogP contribution in [0.1, 0.15) is 25.7 Å². The van der Waals surface area contributed by atoms with Gasteiger partial charge < -0.3 is 4.74 Å². The van der Waals surface area contributed by atoms with Crippen molar-refractivity contribution in [3.05, 3.63) is 81.5 Å². The lowest BCUT2D eigenvalue weighted by Gasteiger charge is -2.06. The standard InChI is InChI=1S/C20H18O2S/c1-14-12-19(15(2)23-14)20(21)22-13-16-8-10-18(11-9-16)17-6-4-3-5-7-17/h3-12H,13H2,1-2H3. The third kappa shape index (κ3) is 3.69. The molecule has 0 fully saturated rings. The van der Waals surface area contributed by atoms with Crippen molar-refractivity contribution >= 4 is 17.3 Å². The molecule has 1 heterocycles. The molecule has 0 bridgehead atoms. The highest BCUT2D eigenvalue weighted by Gasteiger charge is 2.13. The lowest BCUT2D eigenvalue weighted by atomic mass is 10.0. The molecule has 2 aromatic carbocycles. The monoisotopic (exact) mass is 322 g/mol. The summed E-state index contributed by atoms with van der Waals surface area (Å²) < 4.78 is 5.42. The van der Waals surface area contributed by atoms with Gasteiger partial charge in [0.15, 0.2) is 0 Å². The van der Waals surface area contributed by atoms with Crippen LogP contribution in [0.2, 0.25) is 0 Å². The van der Waals surface area contributed by atoms with Crippen LogP contribution in [0.3, 0.4) is 0 Å². The Kier molecular flexibility index (Phi) is 4.58. The molecule has 0 unspecified atom stereocenters. The Morgan fingerprint density at radius 1 is 0.957 bits per heavy atom. The molecule has 0 spiro atoms. The number of esters is 1. The second-order valence-electron chi connectivity index (χ2n) is 5.47. The van der Waals surface area contributed by atoms with Crippen molar-refractivity contribution in [3.63, 3.8) is 0 Å². The molecule has 0 aliphatic carbocycles. The number of hydrogen-bond donors (Lipinski definition) is 0. The normalized spacial score (nSPS) is 10.5. The Morgan fingerprint density at radius 2 is 1.61 bits per heavy atom. The second-order valence-corrected chi connectivity index (χ2v) is 6.93. The van der Waals surface area contributed by atoms with Crippen LogP contribution >= 0.6 is 11.3 Å². The van der Waals surface area contributed by atoms with E-state index in [0.29, 0.717) is 12.2 Å². The van der Waals surface area contributed by atoms with Crippen LogP contribution in [0.4, 0.5) is 0 Å². The van der Waals surface area contributed by atoms with Crippen LogP contribution in [0.25, 0.3) is 11.1 Å². The Balaban J connectivity index is 1.65. The fourth-order valence-corrected chi connectivity index (χ4v) is 3.40. The summed E-state index contributed by atoms with van der Waals surface area (Å²) >= 11 is 1.62. The number of carbonyl (C=O) groups excluding carboxylic acids is 1. The molecule has 2 nitrogen and oxygen atoms in total. The first-order valence-electron chi connectivity index (χ1n) is 7.52. The second kappa shape index (κ2) is 6.80. The highest BCUT2D eigenvalue weighted by molar-refractivity contribution is 7.12. The first-order chi connectivity index (χ1) is 11.1. The molecule has 0 aliphatic heterocycles. The van der Waals surface area contributed by atoms with Gasteiger partial charge in [0, 0.05) is 9.75 Å². The molecule has 116 valence electrons. The summed E-state index contributed by atoms with van der Waals surface area (Å²) in [6.45, 7) is 4.24. The first-order valence-corrected chi connectivity index (χ1v) is 8.33. The zero-order valence-corrected chi connectivity index (χ0v) is 14.0. The number of ether oxygens (including phenoxy) is 1. The van der Waals surface area contributed by atoms with Crippen molar-refractivity contribution in [1.82, 2.24) is 0 Å². The summed E-state index contributed by atoms with van der Waals surface area (Å²) in [5, 5.41) is 0. The van der Waals surface area contributed by atoms with Gasteiger partial charge in [0.05, 0.1) is 5.56 Å². The van der Waals surface area contributed by atoms with E-state index in [0.717, 1.165) is 20.9 Å². The molecule has 0 saturated heterocycles. The van der Waals surface area contributed by atoms with Gasteiger partial charge in [0.25, 0.3) is 0 Å². The minimum atomic E-state index is -0.251. The zero-order valence-electron chi connectivity index (χ0n) is 13.2. The maximum absolute atomic E-state index is 12.1. The molecule has 0 aliphatic rings. The van der Waals surface area contributed by atoms with Crippen molar-refractivity contribution in [2.24, 2.45) is 0 Å². The number of benzene rings is 2. The van der Waals surface area contributed by atoms with Gasteiger partial charge in [-0.1, -0.05) is 54.6 Å². The van der Waals surface area contributed by atoms with E-state index in [1.807, 2.05) is 50.2 Å². The van der Waals surface area contributed by atoms with E-state index in [9.17, 15) is 4.79 Å². The van der Waals surface area contributed by atoms with Crippen molar-refractivity contribution in [1.29, 1.82) is 0 Å². The van der Waals surface area contributed by atoms with Gasteiger partial charge in [-0.25, -0.2) is 4.79 Å². The highest BCUT2D eigenvalue weighted by Crippen LogP contribution is 2.22. The van der Waals surface area contributed by atoms with Crippen LogP contribution in [0.15, 0.2) is 60.7 Å². The summed E-state index contributed by atoms with van der Waals surface area (Å²) in [5.41, 5.74) is 4.00. The van der Waals surface area contributed by atoms with E-state index in [2.05, 4.69) is 24.3 Å². The number of carbonyl (C=O) groups is 1. The number of aryl methyl sites for hydroxylation is 2. The third-order valence-electron chi connectivity index (χ3n) is 3.69. The molecule has 3 rings (SSSR count). The summed E-state index contributed by atoms with van der Waals surface area (Å²) in [5.74, 6) is -0.251.